The van der Waals surface area contributed by atoms with Gasteiger partial charge in [-0.1, -0.05) is 36.4 Å². The first-order valence-electron chi connectivity index (χ1n) is 9.40. The Morgan fingerprint density at radius 1 is 0.500 bits per heavy atom. The van der Waals surface area contributed by atoms with E-state index in [1.165, 1.54) is 0 Å². The molecule has 0 unspecified atom stereocenters. The van der Waals surface area contributed by atoms with Crippen LogP contribution in [0.15, 0.2) is 72.8 Å². The van der Waals surface area contributed by atoms with Crippen molar-refractivity contribution in [2.24, 2.45) is 0 Å². The number of benzene rings is 3. The number of nitriles is 2. The van der Waals surface area contributed by atoms with E-state index in [4.69, 9.17) is 18.9 Å². The molecule has 3 aromatic rings. The van der Waals surface area contributed by atoms with E-state index in [9.17, 15) is 10.5 Å². The van der Waals surface area contributed by atoms with Crippen molar-refractivity contribution in [1.82, 2.24) is 0 Å². The van der Waals surface area contributed by atoms with Crippen LogP contribution in [-0.2, 0) is 0 Å². The predicted molar refractivity (Wildman–Crippen MR) is 111 cm³/mol. The van der Waals surface area contributed by atoms with Crippen molar-refractivity contribution in [3.8, 4) is 35.1 Å². The maximum absolute atomic E-state index is 9.52. The molecular weight excluding hydrogens is 380 g/mol. The molecule has 30 heavy (non-hydrogen) atoms. The van der Waals surface area contributed by atoms with Gasteiger partial charge in [0.2, 0.25) is 0 Å². The van der Waals surface area contributed by atoms with Gasteiger partial charge in [-0.3, -0.25) is 0 Å². The lowest BCUT2D eigenvalue weighted by Gasteiger charge is -2.13. The quantitative estimate of drug-likeness (QED) is 0.471. The zero-order valence-corrected chi connectivity index (χ0v) is 16.3. The Bertz CT molecular complexity index is 940. The molecule has 0 aliphatic carbocycles. The van der Waals surface area contributed by atoms with Crippen molar-refractivity contribution in [2.45, 2.75) is 0 Å². The second-order valence-corrected chi connectivity index (χ2v) is 6.06. The van der Waals surface area contributed by atoms with Crippen LogP contribution in [0.4, 0.5) is 0 Å². The normalized spacial score (nSPS) is 9.80. The SMILES string of the molecule is N#Cc1c(OCCOc2ccccc2)ccc(OCCOc2ccccc2)c1C#N. The van der Waals surface area contributed by atoms with E-state index in [1.54, 1.807) is 12.1 Å². The molecule has 0 spiro atoms. The van der Waals surface area contributed by atoms with Crippen LogP contribution >= 0.6 is 0 Å². The Labute approximate surface area is 175 Å². The van der Waals surface area contributed by atoms with Gasteiger partial charge in [0.25, 0.3) is 0 Å². The lowest BCUT2D eigenvalue weighted by atomic mass is 10.1. The highest BCUT2D eigenvalue weighted by atomic mass is 16.5. The topological polar surface area (TPSA) is 84.5 Å². The molecule has 0 N–H and O–H groups in total. The van der Waals surface area contributed by atoms with Crippen LogP contribution in [0.5, 0.6) is 23.0 Å². The van der Waals surface area contributed by atoms with Crippen molar-refractivity contribution in [3.63, 3.8) is 0 Å². The third-order valence-electron chi connectivity index (χ3n) is 4.06. The van der Waals surface area contributed by atoms with Gasteiger partial charge in [-0.15, -0.1) is 0 Å². The van der Waals surface area contributed by atoms with Gasteiger partial charge in [0.1, 0.15) is 72.7 Å². The molecule has 150 valence electrons. The van der Waals surface area contributed by atoms with E-state index < -0.39 is 0 Å². The van der Waals surface area contributed by atoms with Crippen molar-refractivity contribution in [1.29, 1.82) is 10.5 Å². The van der Waals surface area contributed by atoms with Crippen molar-refractivity contribution in [2.75, 3.05) is 26.4 Å². The van der Waals surface area contributed by atoms with Gasteiger partial charge in [-0.25, -0.2) is 0 Å². The fourth-order valence-electron chi connectivity index (χ4n) is 2.68. The minimum absolute atomic E-state index is 0.138. The van der Waals surface area contributed by atoms with Gasteiger partial charge >= 0.3 is 0 Å². The molecule has 0 amide bonds. The number of rotatable bonds is 10. The van der Waals surface area contributed by atoms with E-state index in [-0.39, 0.29) is 24.3 Å². The fourth-order valence-corrected chi connectivity index (χ4v) is 2.68. The maximum atomic E-state index is 9.52. The Kier molecular flexibility index (Phi) is 7.54. The highest BCUT2D eigenvalue weighted by Gasteiger charge is 2.15. The summed E-state index contributed by atoms with van der Waals surface area (Å²) in [6, 6.07) is 26.0. The summed E-state index contributed by atoms with van der Waals surface area (Å²) in [7, 11) is 0. The molecule has 3 aromatic carbocycles. The van der Waals surface area contributed by atoms with Gasteiger partial charge in [0.05, 0.1) is 0 Å². The van der Waals surface area contributed by atoms with Crippen LogP contribution in [0.25, 0.3) is 0 Å². The smallest absolute Gasteiger partial charge is 0.138 e. The van der Waals surface area contributed by atoms with Crippen LogP contribution < -0.4 is 18.9 Å². The predicted octanol–water partition coefficient (Wildman–Crippen LogP) is 4.35. The first-order valence-corrected chi connectivity index (χ1v) is 9.40. The lowest BCUT2D eigenvalue weighted by molar-refractivity contribution is 0.212. The summed E-state index contributed by atoms with van der Waals surface area (Å²) in [4.78, 5) is 0. The van der Waals surface area contributed by atoms with E-state index >= 15 is 0 Å². The molecule has 0 aliphatic rings. The number of hydrogen-bond acceptors (Lipinski definition) is 6. The third kappa shape index (κ3) is 5.67. The molecule has 0 saturated carbocycles. The zero-order valence-electron chi connectivity index (χ0n) is 16.3. The van der Waals surface area contributed by atoms with E-state index in [1.807, 2.05) is 72.8 Å². The monoisotopic (exact) mass is 400 g/mol. The molecule has 0 radical (unpaired) electrons. The van der Waals surface area contributed by atoms with Gasteiger partial charge in [-0.2, -0.15) is 10.5 Å². The van der Waals surface area contributed by atoms with Crippen LogP contribution in [0, 0.1) is 22.7 Å². The fraction of sp³-hybridized carbons (Fsp3) is 0.167. The summed E-state index contributed by atoms with van der Waals surface area (Å²) in [5, 5.41) is 19.0. The number of para-hydroxylation sites is 2. The molecular formula is C24H20N2O4. The largest absolute Gasteiger partial charge is 0.490 e. The van der Waals surface area contributed by atoms with E-state index in [2.05, 4.69) is 0 Å². The average Bonchev–Trinajstić information content (AvgIpc) is 2.80. The molecule has 6 nitrogen and oxygen atoms in total. The minimum Gasteiger partial charge on any atom is -0.490 e. The molecule has 0 fully saturated rings. The zero-order chi connectivity index (χ0) is 21.0. The van der Waals surface area contributed by atoms with Crippen LogP contribution in [0.3, 0.4) is 0 Å². The molecule has 0 aliphatic heterocycles. The molecule has 0 heterocycles. The Morgan fingerprint density at radius 3 is 1.23 bits per heavy atom. The average molecular weight is 400 g/mol. The Hall–Kier alpha value is -4.16. The summed E-state index contributed by atoms with van der Waals surface area (Å²) >= 11 is 0. The Balaban J connectivity index is 1.55. The van der Waals surface area contributed by atoms with Crippen molar-refractivity contribution >= 4 is 0 Å². The number of ether oxygens (including phenoxy) is 4. The minimum atomic E-state index is 0.138. The first-order chi connectivity index (χ1) is 14.8. The molecule has 6 heteroatoms. The molecule has 0 aromatic heterocycles. The van der Waals surface area contributed by atoms with Crippen molar-refractivity contribution < 1.29 is 18.9 Å². The third-order valence-corrected chi connectivity index (χ3v) is 4.06. The molecule has 0 bridgehead atoms. The summed E-state index contributed by atoms with van der Waals surface area (Å²) in [5.41, 5.74) is 0.275. The van der Waals surface area contributed by atoms with E-state index in [0.717, 1.165) is 11.5 Å². The molecule has 0 saturated heterocycles. The second kappa shape index (κ2) is 11.0. The summed E-state index contributed by atoms with van der Waals surface area (Å²) in [6.45, 7) is 1.09. The van der Waals surface area contributed by atoms with Gasteiger partial charge < -0.3 is 18.9 Å². The van der Waals surface area contributed by atoms with Gasteiger partial charge in [0, 0.05) is 0 Å². The van der Waals surface area contributed by atoms with Gasteiger partial charge in [-0.05, 0) is 36.4 Å². The molecule has 0 atom stereocenters. The molecule has 3 rings (SSSR count). The van der Waals surface area contributed by atoms with Crippen molar-refractivity contribution in [3.05, 3.63) is 83.9 Å². The summed E-state index contributed by atoms with van der Waals surface area (Å²) in [6.07, 6.45) is 0. The van der Waals surface area contributed by atoms with Crippen LogP contribution in [0.1, 0.15) is 11.1 Å². The van der Waals surface area contributed by atoms with Crippen LogP contribution in [-0.4, -0.2) is 26.4 Å². The maximum Gasteiger partial charge on any atom is 0.138 e. The van der Waals surface area contributed by atoms with Crippen LogP contribution in [0.2, 0.25) is 0 Å². The lowest BCUT2D eigenvalue weighted by Crippen LogP contribution is -2.12. The standard InChI is InChI=1S/C24H20N2O4/c25-17-21-22(18-26)24(30-16-14-28-20-9-5-2-6-10-20)12-11-23(21)29-15-13-27-19-7-3-1-4-8-19/h1-12H,13-16H2. The highest BCUT2D eigenvalue weighted by molar-refractivity contribution is 5.60. The second-order valence-electron chi connectivity index (χ2n) is 6.06. The Morgan fingerprint density at radius 2 is 0.867 bits per heavy atom. The number of hydrogen-bond donors (Lipinski definition) is 0. The number of nitrogens with zero attached hydrogens (tertiary/aromatic N) is 2. The summed E-state index contributed by atoms with van der Waals surface area (Å²) in [5.74, 6) is 2.11. The highest BCUT2D eigenvalue weighted by Crippen LogP contribution is 2.29. The summed E-state index contributed by atoms with van der Waals surface area (Å²) < 4.78 is 22.4. The van der Waals surface area contributed by atoms with E-state index in [0.29, 0.717) is 24.7 Å². The first kappa shape index (κ1) is 20.6. The van der Waals surface area contributed by atoms with Gasteiger partial charge in [0.15, 0.2) is 0 Å².